The van der Waals surface area contributed by atoms with Gasteiger partial charge in [-0.1, -0.05) is 11.6 Å². The van der Waals surface area contributed by atoms with Crippen LogP contribution in [0.5, 0.6) is 0 Å². The summed E-state index contributed by atoms with van der Waals surface area (Å²) >= 11 is 6.09. The predicted molar refractivity (Wildman–Crippen MR) is 128 cm³/mol. The minimum Gasteiger partial charge on any atom is -0.460 e. The Morgan fingerprint density at radius 3 is 2.47 bits per heavy atom. The Kier molecular flexibility index (Phi) is 10.2. The highest BCUT2D eigenvalue weighted by atomic mass is 35.5. The summed E-state index contributed by atoms with van der Waals surface area (Å²) in [5.74, 6) is -0.756. The highest BCUT2D eigenvalue weighted by molar-refractivity contribution is 6.30. The standard InChI is InChI=1S/C23H27ClN4O6/c1-25-19-9-6-16(24)12-18(19)20(34-14-29)10-11-28(2)21(30)13-26-22(31)15-4-7-17(8-5-15)27-23(32)33-3/h4-9,12,14,20,25H,10-11,13H2,1-3H3,(H,26,31)(H,27,32). The number of nitrogens with one attached hydrogen (secondary N) is 3. The number of carbonyl (C=O) groups is 4. The molecule has 0 saturated carbocycles. The van der Waals surface area contributed by atoms with Crippen molar-refractivity contribution in [1.82, 2.24) is 10.2 Å². The molecule has 0 aliphatic carbocycles. The molecule has 0 saturated heterocycles. The largest absolute Gasteiger partial charge is 0.460 e. The van der Waals surface area contributed by atoms with Crippen LogP contribution in [0.15, 0.2) is 42.5 Å². The number of hydrogen-bond acceptors (Lipinski definition) is 7. The smallest absolute Gasteiger partial charge is 0.411 e. The highest BCUT2D eigenvalue weighted by Gasteiger charge is 2.19. The minimum atomic E-state index is -0.621. The Morgan fingerprint density at radius 1 is 1.15 bits per heavy atom. The third-order valence-electron chi connectivity index (χ3n) is 4.98. The number of halogens is 1. The van der Waals surface area contributed by atoms with Crippen LogP contribution < -0.4 is 16.0 Å². The second kappa shape index (κ2) is 13.0. The van der Waals surface area contributed by atoms with Crippen molar-refractivity contribution in [3.63, 3.8) is 0 Å². The van der Waals surface area contributed by atoms with Gasteiger partial charge in [-0.25, -0.2) is 4.79 Å². The lowest BCUT2D eigenvalue weighted by Crippen LogP contribution is -2.39. The quantitative estimate of drug-likeness (QED) is 0.413. The van der Waals surface area contributed by atoms with E-state index in [4.69, 9.17) is 16.3 Å². The molecule has 3 amide bonds. The molecule has 1 atom stereocenters. The molecule has 2 aromatic rings. The molecule has 182 valence electrons. The molecule has 0 bridgehead atoms. The van der Waals surface area contributed by atoms with Crippen LogP contribution in [0.1, 0.15) is 28.4 Å². The van der Waals surface area contributed by atoms with Crippen molar-refractivity contribution in [3.8, 4) is 0 Å². The van der Waals surface area contributed by atoms with Gasteiger partial charge in [0.2, 0.25) is 5.91 Å². The Morgan fingerprint density at radius 2 is 1.85 bits per heavy atom. The first-order valence-corrected chi connectivity index (χ1v) is 10.7. The highest BCUT2D eigenvalue weighted by Crippen LogP contribution is 2.30. The maximum atomic E-state index is 12.5. The minimum absolute atomic E-state index is 0.213. The molecule has 2 rings (SSSR count). The molecular weight excluding hydrogens is 464 g/mol. The van der Waals surface area contributed by atoms with Crippen molar-refractivity contribution in [2.24, 2.45) is 0 Å². The van der Waals surface area contributed by atoms with Crippen molar-refractivity contribution in [1.29, 1.82) is 0 Å². The van der Waals surface area contributed by atoms with Gasteiger partial charge in [0.1, 0.15) is 6.10 Å². The van der Waals surface area contributed by atoms with Crippen LogP contribution in [0, 0.1) is 0 Å². The Hall–Kier alpha value is -3.79. The summed E-state index contributed by atoms with van der Waals surface area (Å²) in [7, 11) is 4.58. The molecule has 2 aromatic carbocycles. The van der Waals surface area contributed by atoms with Gasteiger partial charge in [-0.15, -0.1) is 0 Å². The second-order valence-corrected chi connectivity index (χ2v) is 7.62. The molecule has 11 heteroatoms. The molecular formula is C23H27ClN4O6. The fourth-order valence-electron chi connectivity index (χ4n) is 3.09. The van der Waals surface area contributed by atoms with Gasteiger partial charge in [-0.05, 0) is 42.5 Å². The number of benzene rings is 2. The van der Waals surface area contributed by atoms with Crippen molar-refractivity contribution < 1.29 is 28.7 Å². The summed E-state index contributed by atoms with van der Waals surface area (Å²) in [6.07, 6.45) is -0.900. The van der Waals surface area contributed by atoms with Crippen LogP contribution in [0.25, 0.3) is 0 Å². The van der Waals surface area contributed by atoms with E-state index in [9.17, 15) is 19.2 Å². The van der Waals surface area contributed by atoms with E-state index in [-0.39, 0.29) is 19.0 Å². The molecule has 0 aromatic heterocycles. The number of ether oxygens (including phenoxy) is 2. The zero-order valence-electron chi connectivity index (χ0n) is 19.1. The molecule has 10 nitrogen and oxygen atoms in total. The number of carbonyl (C=O) groups excluding carboxylic acids is 4. The van der Waals surface area contributed by atoms with E-state index in [1.54, 1.807) is 44.4 Å². The molecule has 34 heavy (non-hydrogen) atoms. The lowest BCUT2D eigenvalue weighted by Gasteiger charge is -2.23. The number of hydrogen-bond donors (Lipinski definition) is 3. The molecule has 0 spiro atoms. The van der Waals surface area contributed by atoms with E-state index in [2.05, 4.69) is 20.7 Å². The molecule has 1 unspecified atom stereocenters. The summed E-state index contributed by atoms with van der Waals surface area (Å²) in [5, 5.41) is 8.57. The molecule has 0 radical (unpaired) electrons. The number of rotatable bonds is 11. The van der Waals surface area contributed by atoms with E-state index in [0.29, 0.717) is 34.7 Å². The van der Waals surface area contributed by atoms with E-state index in [1.165, 1.54) is 24.1 Å². The van der Waals surface area contributed by atoms with Crippen LogP contribution >= 0.6 is 11.6 Å². The number of likely N-dealkylation sites (N-methyl/N-ethyl adjacent to an activating group) is 1. The number of amides is 3. The predicted octanol–water partition coefficient (Wildman–Crippen LogP) is 3.05. The number of methoxy groups -OCH3 is 1. The Bertz CT molecular complexity index is 1020. The van der Waals surface area contributed by atoms with Gasteiger partial charge in [0.05, 0.1) is 13.7 Å². The van der Waals surface area contributed by atoms with Gasteiger partial charge in [0.15, 0.2) is 0 Å². The number of anilines is 2. The van der Waals surface area contributed by atoms with Gasteiger partial charge >= 0.3 is 6.09 Å². The Labute approximate surface area is 202 Å². The van der Waals surface area contributed by atoms with Gasteiger partial charge < -0.3 is 25.0 Å². The normalized spacial score (nSPS) is 11.1. The van der Waals surface area contributed by atoms with E-state index in [1.807, 2.05) is 0 Å². The summed E-state index contributed by atoms with van der Waals surface area (Å²) in [6.45, 7) is 0.422. The average Bonchev–Trinajstić information content (AvgIpc) is 2.84. The zero-order valence-corrected chi connectivity index (χ0v) is 19.8. The van der Waals surface area contributed by atoms with Crippen LogP contribution in [-0.4, -0.2) is 63.6 Å². The van der Waals surface area contributed by atoms with Crippen LogP contribution in [0.4, 0.5) is 16.2 Å². The molecule has 0 aliphatic rings. The first-order chi connectivity index (χ1) is 16.3. The van der Waals surface area contributed by atoms with Crippen LogP contribution in [0.3, 0.4) is 0 Å². The van der Waals surface area contributed by atoms with Gasteiger partial charge in [0.25, 0.3) is 12.4 Å². The fourth-order valence-corrected chi connectivity index (χ4v) is 3.27. The summed E-state index contributed by atoms with van der Waals surface area (Å²) in [4.78, 5) is 48.5. The van der Waals surface area contributed by atoms with Gasteiger partial charge in [-0.3, -0.25) is 19.7 Å². The van der Waals surface area contributed by atoms with Crippen molar-refractivity contribution >= 4 is 47.4 Å². The monoisotopic (exact) mass is 490 g/mol. The fraction of sp³-hybridized carbons (Fsp3) is 0.304. The number of nitrogens with zero attached hydrogens (tertiary/aromatic N) is 1. The van der Waals surface area contributed by atoms with Crippen molar-refractivity contribution in [2.45, 2.75) is 12.5 Å². The average molecular weight is 491 g/mol. The zero-order chi connectivity index (χ0) is 25.1. The van der Waals surface area contributed by atoms with Crippen molar-refractivity contribution in [2.75, 3.05) is 44.9 Å². The second-order valence-electron chi connectivity index (χ2n) is 7.18. The van der Waals surface area contributed by atoms with Gasteiger partial charge in [0, 0.05) is 54.6 Å². The van der Waals surface area contributed by atoms with Gasteiger partial charge in [-0.2, -0.15) is 0 Å². The summed E-state index contributed by atoms with van der Waals surface area (Å²) in [5.41, 5.74) is 2.24. The maximum absolute atomic E-state index is 12.5. The topological polar surface area (TPSA) is 126 Å². The van der Waals surface area contributed by atoms with Crippen LogP contribution in [0.2, 0.25) is 5.02 Å². The Balaban J connectivity index is 1.90. The van der Waals surface area contributed by atoms with Crippen LogP contribution in [-0.2, 0) is 19.1 Å². The first-order valence-electron chi connectivity index (χ1n) is 10.3. The SMILES string of the molecule is CNc1ccc(Cl)cc1C(CCN(C)C(=O)CNC(=O)c1ccc(NC(=O)OC)cc1)OC=O. The summed E-state index contributed by atoms with van der Waals surface area (Å²) < 4.78 is 9.74. The third-order valence-corrected chi connectivity index (χ3v) is 5.22. The summed E-state index contributed by atoms with van der Waals surface area (Å²) in [6, 6.07) is 11.3. The van der Waals surface area contributed by atoms with E-state index in [0.717, 1.165) is 5.69 Å². The third kappa shape index (κ3) is 7.66. The van der Waals surface area contributed by atoms with Crippen molar-refractivity contribution in [3.05, 3.63) is 58.6 Å². The lowest BCUT2D eigenvalue weighted by molar-refractivity contribution is -0.134. The van der Waals surface area contributed by atoms with E-state index < -0.39 is 18.1 Å². The first kappa shape index (κ1) is 26.5. The lowest BCUT2D eigenvalue weighted by atomic mass is 10.0. The molecule has 0 fully saturated rings. The molecule has 0 aliphatic heterocycles. The van der Waals surface area contributed by atoms with E-state index >= 15 is 0 Å². The molecule has 0 heterocycles. The maximum Gasteiger partial charge on any atom is 0.411 e. The molecule has 3 N–H and O–H groups in total.